The normalized spacial score (nSPS) is 11.7. The molecule has 0 aliphatic heterocycles. The fraction of sp³-hybridized carbons (Fsp3) is 0.727. The number of unbranched alkanes of at least 4 members (excludes halogenated alkanes) is 16. The molecule has 0 fully saturated rings. The number of benzene rings is 2. The van der Waals surface area contributed by atoms with Gasteiger partial charge in [-0.1, -0.05) is 179 Å². The van der Waals surface area contributed by atoms with Gasteiger partial charge in [-0.2, -0.15) is 0 Å². The predicted octanol–water partition coefficient (Wildman–Crippen LogP) is 12.8. The van der Waals surface area contributed by atoms with Gasteiger partial charge in [0.15, 0.2) is 0 Å². The molecular weight excluding hydrogens is 588 g/mol. The van der Waals surface area contributed by atoms with Crippen LogP contribution in [0.3, 0.4) is 0 Å². The highest BCUT2D eigenvalue weighted by Gasteiger charge is 2.12. The molecule has 0 N–H and O–H groups in total. The molecule has 4 nitrogen and oxygen atoms in total. The van der Waals surface area contributed by atoms with E-state index in [0.29, 0.717) is 26.7 Å². The molecule has 0 unspecified atom stereocenters. The van der Waals surface area contributed by atoms with E-state index in [1.54, 1.807) is 0 Å². The molecule has 2 rings (SSSR count). The van der Waals surface area contributed by atoms with Crippen molar-refractivity contribution in [3.05, 3.63) is 59.7 Å². The van der Waals surface area contributed by atoms with E-state index in [1.807, 2.05) is 0 Å². The van der Waals surface area contributed by atoms with Crippen LogP contribution in [0.25, 0.3) is 11.1 Å². The van der Waals surface area contributed by atoms with Gasteiger partial charge in [0.25, 0.3) is 0 Å². The molecule has 0 spiro atoms. The van der Waals surface area contributed by atoms with E-state index in [9.17, 15) is 0 Å². The summed E-state index contributed by atoms with van der Waals surface area (Å²) in [6.07, 6.45) is 26.5. The van der Waals surface area contributed by atoms with Crippen LogP contribution in [-0.4, -0.2) is 49.4 Å². The molecule has 0 amide bonds. The average Bonchev–Trinajstić information content (AvgIpc) is 3.11. The van der Waals surface area contributed by atoms with Gasteiger partial charge in [-0.05, 0) is 47.9 Å². The topological polar surface area (TPSA) is 24.9 Å². The van der Waals surface area contributed by atoms with Crippen LogP contribution in [0.1, 0.15) is 167 Å². The van der Waals surface area contributed by atoms with Crippen molar-refractivity contribution in [3.8, 4) is 11.1 Å². The first-order valence-corrected chi connectivity index (χ1v) is 20.5. The van der Waals surface area contributed by atoms with Crippen LogP contribution in [0.2, 0.25) is 0 Å². The Kier molecular flexibility index (Phi) is 26.6. The lowest BCUT2D eigenvalue weighted by Gasteiger charge is -2.23. The van der Waals surface area contributed by atoms with Gasteiger partial charge in [-0.15, -0.1) is 0 Å². The van der Waals surface area contributed by atoms with Gasteiger partial charge in [0, 0.05) is 26.2 Å². The first-order chi connectivity index (χ1) is 23.7. The summed E-state index contributed by atoms with van der Waals surface area (Å²) in [5.41, 5.74) is 5.06. The summed E-state index contributed by atoms with van der Waals surface area (Å²) in [6, 6.07) is 17.6. The van der Waals surface area contributed by atoms with Crippen molar-refractivity contribution in [1.29, 1.82) is 0 Å². The van der Waals surface area contributed by atoms with Crippen molar-refractivity contribution >= 4 is 0 Å². The Bertz CT molecular complexity index is 916. The monoisotopic (exact) mass is 665 g/mol. The first kappa shape index (κ1) is 42.4. The molecule has 0 aromatic heterocycles. The second-order valence-corrected chi connectivity index (χ2v) is 14.2. The minimum absolute atomic E-state index is 0.636. The summed E-state index contributed by atoms with van der Waals surface area (Å²) >= 11 is 0. The maximum absolute atomic E-state index is 6.46. The summed E-state index contributed by atoms with van der Waals surface area (Å²) in [6.45, 7) is 16.5. The fourth-order valence-electron chi connectivity index (χ4n) is 6.62. The van der Waals surface area contributed by atoms with Crippen molar-refractivity contribution in [3.63, 3.8) is 0 Å². The highest BCUT2D eigenvalue weighted by atomic mass is 16.5. The van der Waals surface area contributed by atoms with E-state index in [0.717, 1.165) is 26.2 Å². The Hall–Kier alpha value is -1.72. The van der Waals surface area contributed by atoms with Crippen LogP contribution in [0.15, 0.2) is 48.5 Å². The van der Waals surface area contributed by atoms with Crippen LogP contribution in [0.5, 0.6) is 0 Å². The Morgan fingerprint density at radius 3 is 1.02 bits per heavy atom. The average molecular weight is 665 g/mol. The third-order valence-corrected chi connectivity index (χ3v) is 9.70. The van der Waals surface area contributed by atoms with E-state index < -0.39 is 0 Å². The molecule has 0 radical (unpaired) electrons. The zero-order valence-electron chi connectivity index (χ0n) is 32.1. The van der Waals surface area contributed by atoms with E-state index in [4.69, 9.17) is 9.47 Å². The van der Waals surface area contributed by atoms with Crippen molar-refractivity contribution < 1.29 is 9.47 Å². The molecule has 0 aliphatic rings. The molecule has 2 aromatic carbocycles. The van der Waals surface area contributed by atoms with Crippen LogP contribution in [-0.2, 0) is 22.7 Å². The quantitative estimate of drug-likeness (QED) is 0.0560. The van der Waals surface area contributed by atoms with E-state index in [1.165, 1.54) is 151 Å². The van der Waals surface area contributed by atoms with E-state index in [-0.39, 0.29) is 0 Å². The van der Waals surface area contributed by atoms with Gasteiger partial charge in [0.05, 0.1) is 26.7 Å². The number of hydrogen-bond donors (Lipinski definition) is 0. The number of hydrogen-bond acceptors (Lipinski definition) is 4. The minimum Gasteiger partial charge on any atom is -0.361 e. The zero-order valence-corrected chi connectivity index (χ0v) is 32.1. The maximum atomic E-state index is 6.46. The van der Waals surface area contributed by atoms with Gasteiger partial charge in [-0.3, -0.25) is 9.80 Å². The second-order valence-electron chi connectivity index (χ2n) is 14.2. The molecule has 0 heterocycles. The molecule has 0 bridgehead atoms. The highest BCUT2D eigenvalue weighted by molar-refractivity contribution is 5.70. The Labute approximate surface area is 298 Å². The lowest BCUT2D eigenvalue weighted by molar-refractivity contribution is 0.0164. The fourth-order valence-corrected chi connectivity index (χ4v) is 6.62. The molecule has 274 valence electrons. The minimum atomic E-state index is 0.636. The Morgan fingerprint density at radius 2 is 0.667 bits per heavy atom. The second kappa shape index (κ2) is 30.1. The summed E-state index contributed by atoms with van der Waals surface area (Å²) < 4.78 is 12.9. The van der Waals surface area contributed by atoms with Crippen LogP contribution in [0.4, 0.5) is 0 Å². The van der Waals surface area contributed by atoms with Crippen LogP contribution in [0, 0.1) is 0 Å². The Morgan fingerprint density at radius 1 is 0.375 bits per heavy atom. The van der Waals surface area contributed by atoms with Crippen LogP contribution < -0.4 is 0 Å². The van der Waals surface area contributed by atoms with Crippen LogP contribution >= 0.6 is 0 Å². The standard InChI is InChI=1S/C44H76N2O2/c1-5-9-13-17-19-27-35-45(33-25-15-11-7-3)39-47-37-41-29-21-23-31-43(41)44-32-24-22-30-42(44)38-48-40-46(34-26-16-12-8-4)36-28-20-18-14-10-6-2/h21-24,29-32H,5-20,25-28,33-40H2,1-4H3. The molecule has 4 heteroatoms. The molecule has 48 heavy (non-hydrogen) atoms. The van der Waals surface area contributed by atoms with Gasteiger partial charge >= 0.3 is 0 Å². The lowest BCUT2D eigenvalue weighted by Crippen LogP contribution is -2.29. The molecule has 0 saturated heterocycles. The van der Waals surface area contributed by atoms with Crippen molar-refractivity contribution in [2.24, 2.45) is 0 Å². The third-order valence-electron chi connectivity index (χ3n) is 9.70. The predicted molar refractivity (Wildman–Crippen MR) is 209 cm³/mol. The number of rotatable bonds is 33. The van der Waals surface area contributed by atoms with Gasteiger partial charge in [0.1, 0.15) is 0 Å². The van der Waals surface area contributed by atoms with Gasteiger partial charge in [-0.25, -0.2) is 0 Å². The molecular formula is C44H76N2O2. The van der Waals surface area contributed by atoms with Crippen molar-refractivity contribution in [2.75, 3.05) is 39.6 Å². The Balaban J connectivity index is 1.96. The largest absolute Gasteiger partial charge is 0.361 e. The number of ether oxygens (including phenoxy) is 2. The summed E-state index contributed by atoms with van der Waals surface area (Å²) in [7, 11) is 0. The third kappa shape index (κ3) is 20.1. The smallest absolute Gasteiger partial charge is 0.0994 e. The SMILES string of the molecule is CCCCCCCCN(CCCCCC)COCc1ccccc1-c1ccccc1COCN(CCCCCC)CCCCCCCC. The molecule has 2 aromatic rings. The number of nitrogens with zero attached hydrogens (tertiary/aromatic N) is 2. The summed E-state index contributed by atoms with van der Waals surface area (Å²) in [4.78, 5) is 5.11. The maximum Gasteiger partial charge on any atom is 0.0994 e. The summed E-state index contributed by atoms with van der Waals surface area (Å²) in [5, 5.41) is 0. The molecule has 0 saturated carbocycles. The van der Waals surface area contributed by atoms with Crippen molar-refractivity contribution in [2.45, 2.75) is 169 Å². The van der Waals surface area contributed by atoms with E-state index >= 15 is 0 Å². The van der Waals surface area contributed by atoms with E-state index in [2.05, 4.69) is 86.0 Å². The summed E-state index contributed by atoms with van der Waals surface area (Å²) in [5.74, 6) is 0. The van der Waals surface area contributed by atoms with Gasteiger partial charge in [0.2, 0.25) is 0 Å². The van der Waals surface area contributed by atoms with Crippen molar-refractivity contribution in [1.82, 2.24) is 9.80 Å². The highest BCUT2D eigenvalue weighted by Crippen LogP contribution is 2.28. The molecule has 0 atom stereocenters. The molecule has 0 aliphatic carbocycles. The zero-order chi connectivity index (χ0) is 34.3. The lowest BCUT2D eigenvalue weighted by atomic mass is 9.96. The van der Waals surface area contributed by atoms with Gasteiger partial charge < -0.3 is 9.47 Å². The first-order valence-electron chi connectivity index (χ1n) is 20.5.